The lowest BCUT2D eigenvalue weighted by Gasteiger charge is -2.15. The first-order valence-electron chi connectivity index (χ1n) is 6.58. The molecule has 5 heteroatoms. The maximum Gasteiger partial charge on any atom is 0.274 e. The predicted octanol–water partition coefficient (Wildman–Crippen LogP) is 3.26. The van der Waals surface area contributed by atoms with E-state index in [2.05, 4.69) is 5.10 Å². The van der Waals surface area contributed by atoms with E-state index in [1.807, 2.05) is 48.7 Å². The quantitative estimate of drug-likeness (QED) is 0.744. The van der Waals surface area contributed by atoms with Crippen LogP contribution < -0.4 is 0 Å². The summed E-state index contributed by atoms with van der Waals surface area (Å²) in [7, 11) is 1.76. The lowest BCUT2D eigenvalue weighted by Crippen LogP contribution is -2.26. The van der Waals surface area contributed by atoms with Crippen LogP contribution in [0.2, 0.25) is 5.02 Å². The Hall–Kier alpha value is -2.33. The predicted molar refractivity (Wildman–Crippen MR) is 82.4 cm³/mol. The first kappa shape index (κ1) is 13.6. The number of hydrogen-bond donors (Lipinski definition) is 0. The molecule has 0 N–H and O–H groups in total. The van der Waals surface area contributed by atoms with Gasteiger partial charge in [-0.25, -0.2) is 4.52 Å². The fourth-order valence-corrected chi connectivity index (χ4v) is 2.30. The number of rotatable bonds is 3. The van der Waals surface area contributed by atoms with E-state index >= 15 is 0 Å². The zero-order valence-electron chi connectivity index (χ0n) is 11.5. The monoisotopic (exact) mass is 299 g/mol. The molecule has 0 bridgehead atoms. The summed E-state index contributed by atoms with van der Waals surface area (Å²) in [6, 6.07) is 15.0. The Morgan fingerprint density at radius 3 is 2.71 bits per heavy atom. The molecule has 3 rings (SSSR count). The van der Waals surface area contributed by atoms with Crippen molar-refractivity contribution in [1.29, 1.82) is 0 Å². The molecule has 0 radical (unpaired) electrons. The standard InChI is InChI=1S/C16H14ClN3O/c1-19(11-12-5-7-13(17)8-6-12)16(21)15-10-14-4-2-3-9-20(14)18-15/h2-10H,11H2,1H3. The minimum Gasteiger partial charge on any atom is -0.336 e. The zero-order valence-corrected chi connectivity index (χ0v) is 12.3. The number of nitrogens with zero attached hydrogens (tertiary/aromatic N) is 3. The Kier molecular flexibility index (Phi) is 3.62. The lowest BCUT2D eigenvalue weighted by molar-refractivity contribution is 0.0779. The Morgan fingerprint density at radius 1 is 1.24 bits per heavy atom. The van der Waals surface area contributed by atoms with Gasteiger partial charge in [-0.1, -0.05) is 29.8 Å². The number of carbonyl (C=O) groups excluding carboxylic acids is 1. The highest BCUT2D eigenvalue weighted by Gasteiger charge is 2.15. The van der Waals surface area contributed by atoms with Gasteiger partial charge in [-0.2, -0.15) is 5.10 Å². The number of aromatic nitrogens is 2. The molecule has 0 aliphatic heterocycles. The molecule has 2 heterocycles. The average molecular weight is 300 g/mol. The van der Waals surface area contributed by atoms with Crippen LogP contribution in [0.3, 0.4) is 0 Å². The molecule has 0 aliphatic rings. The molecule has 1 amide bonds. The summed E-state index contributed by atoms with van der Waals surface area (Å²) in [4.78, 5) is 14.1. The van der Waals surface area contributed by atoms with Crippen LogP contribution in [0.4, 0.5) is 0 Å². The number of carbonyl (C=O) groups is 1. The number of pyridine rings is 1. The van der Waals surface area contributed by atoms with E-state index in [4.69, 9.17) is 11.6 Å². The van der Waals surface area contributed by atoms with Gasteiger partial charge in [-0.15, -0.1) is 0 Å². The Balaban J connectivity index is 1.78. The van der Waals surface area contributed by atoms with Gasteiger partial charge in [0.2, 0.25) is 0 Å². The lowest BCUT2D eigenvalue weighted by atomic mass is 10.2. The first-order chi connectivity index (χ1) is 10.1. The smallest absolute Gasteiger partial charge is 0.274 e. The summed E-state index contributed by atoms with van der Waals surface area (Å²) in [5.41, 5.74) is 2.37. The fourth-order valence-electron chi connectivity index (χ4n) is 2.17. The summed E-state index contributed by atoms with van der Waals surface area (Å²) in [6.45, 7) is 0.518. The van der Waals surface area contributed by atoms with Crippen molar-refractivity contribution in [3.63, 3.8) is 0 Å². The van der Waals surface area contributed by atoms with Crippen molar-refractivity contribution in [3.8, 4) is 0 Å². The maximum atomic E-state index is 12.4. The van der Waals surface area contributed by atoms with E-state index < -0.39 is 0 Å². The van der Waals surface area contributed by atoms with Gasteiger partial charge < -0.3 is 4.90 Å². The highest BCUT2D eigenvalue weighted by Crippen LogP contribution is 2.13. The molecule has 4 nitrogen and oxygen atoms in total. The molecular weight excluding hydrogens is 286 g/mol. The molecule has 0 atom stereocenters. The molecule has 0 saturated heterocycles. The van der Waals surface area contributed by atoms with Gasteiger partial charge in [0, 0.05) is 24.8 Å². The van der Waals surface area contributed by atoms with Gasteiger partial charge in [0.05, 0.1) is 5.52 Å². The van der Waals surface area contributed by atoms with Gasteiger partial charge in [-0.05, 0) is 35.9 Å². The van der Waals surface area contributed by atoms with E-state index in [1.54, 1.807) is 22.5 Å². The molecule has 106 valence electrons. The second-order valence-electron chi connectivity index (χ2n) is 4.89. The molecule has 1 aromatic carbocycles. The number of benzene rings is 1. The molecule has 21 heavy (non-hydrogen) atoms. The van der Waals surface area contributed by atoms with Crippen molar-refractivity contribution in [2.24, 2.45) is 0 Å². The Bertz CT molecular complexity index is 747. The molecule has 0 spiro atoms. The molecule has 0 fully saturated rings. The molecule has 0 aliphatic carbocycles. The van der Waals surface area contributed by atoms with E-state index in [0.29, 0.717) is 17.3 Å². The average Bonchev–Trinajstić information content (AvgIpc) is 2.92. The second-order valence-corrected chi connectivity index (χ2v) is 5.32. The zero-order chi connectivity index (χ0) is 14.8. The van der Waals surface area contributed by atoms with Crippen LogP contribution in [0.25, 0.3) is 5.52 Å². The van der Waals surface area contributed by atoms with E-state index in [-0.39, 0.29) is 5.91 Å². The fraction of sp³-hybridized carbons (Fsp3) is 0.125. The largest absolute Gasteiger partial charge is 0.336 e. The van der Waals surface area contributed by atoms with Gasteiger partial charge in [0.1, 0.15) is 0 Å². The van der Waals surface area contributed by atoms with Crippen LogP contribution >= 0.6 is 11.6 Å². The number of amides is 1. The summed E-state index contributed by atoms with van der Waals surface area (Å²) in [6.07, 6.45) is 1.82. The third-order valence-corrected chi connectivity index (χ3v) is 3.52. The summed E-state index contributed by atoms with van der Waals surface area (Å²) in [5.74, 6) is -0.103. The van der Waals surface area contributed by atoms with Crippen LogP contribution in [-0.4, -0.2) is 27.5 Å². The summed E-state index contributed by atoms with van der Waals surface area (Å²) < 4.78 is 1.70. The van der Waals surface area contributed by atoms with Crippen molar-refractivity contribution in [2.45, 2.75) is 6.54 Å². The minimum atomic E-state index is -0.103. The summed E-state index contributed by atoms with van der Waals surface area (Å²) >= 11 is 5.86. The Morgan fingerprint density at radius 2 is 2.00 bits per heavy atom. The normalized spacial score (nSPS) is 10.8. The topological polar surface area (TPSA) is 37.6 Å². The van der Waals surface area contributed by atoms with Crippen LogP contribution in [0, 0.1) is 0 Å². The number of hydrogen-bond acceptors (Lipinski definition) is 2. The van der Waals surface area contributed by atoms with E-state index in [9.17, 15) is 4.79 Å². The van der Waals surface area contributed by atoms with Crippen molar-refractivity contribution < 1.29 is 4.79 Å². The van der Waals surface area contributed by atoms with Crippen LogP contribution in [0.1, 0.15) is 16.1 Å². The van der Waals surface area contributed by atoms with Crippen molar-refractivity contribution in [3.05, 3.63) is 71.0 Å². The third-order valence-electron chi connectivity index (χ3n) is 3.27. The highest BCUT2D eigenvalue weighted by molar-refractivity contribution is 6.30. The second kappa shape index (κ2) is 5.58. The van der Waals surface area contributed by atoms with Crippen LogP contribution in [-0.2, 0) is 6.54 Å². The number of halogens is 1. The highest BCUT2D eigenvalue weighted by atomic mass is 35.5. The molecular formula is C16H14ClN3O. The third kappa shape index (κ3) is 2.90. The van der Waals surface area contributed by atoms with Gasteiger partial charge in [0.15, 0.2) is 5.69 Å². The van der Waals surface area contributed by atoms with Crippen molar-refractivity contribution in [2.75, 3.05) is 7.05 Å². The van der Waals surface area contributed by atoms with Crippen LogP contribution in [0.15, 0.2) is 54.7 Å². The van der Waals surface area contributed by atoms with Crippen molar-refractivity contribution in [1.82, 2.24) is 14.5 Å². The molecule has 0 unspecified atom stereocenters. The van der Waals surface area contributed by atoms with Crippen LogP contribution in [0.5, 0.6) is 0 Å². The maximum absolute atomic E-state index is 12.4. The van der Waals surface area contributed by atoms with Gasteiger partial charge in [0.25, 0.3) is 5.91 Å². The van der Waals surface area contributed by atoms with E-state index in [0.717, 1.165) is 11.1 Å². The summed E-state index contributed by atoms with van der Waals surface area (Å²) in [5, 5.41) is 4.98. The SMILES string of the molecule is CN(Cc1ccc(Cl)cc1)C(=O)c1cc2ccccn2n1. The van der Waals surface area contributed by atoms with E-state index in [1.165, 1.54) is 0 Å². The van der Waals surface area contributed by atoms with Crippen molar-refractivity contribution >= 4 is 23.0 Å². The van der Waals surface area contributed by atoms with Gasteiger partial charge in [-0.3, -0.25) is 4.79 Å². The first-order valence-corrected chi connectivity index (χ1v) is 6.95. The minimum absolute atomic E-state index is 0.103. The molecule has 0 saturated carbocycles. The molecule has 2 aromatic heterocycles. The number of fused-ring (bicyclic) bond motifs is 1. The Labute approximate surface area is 127 Å². The molecule has 3 aromatic rings. The van der Waals surface area contributed by atoms with Gasteiger partial charge >= 0.3 is 0 Å².